The molecule has 0 bridgehead atoms. The molecule has 3 fully saturated rings. The van der Waals surface area contributed by atoms with Crippen molar-refractivity contribution in [3.8, 4) is 0 Å². The summed E-state index contributed by atoms with van der Waals surface area (Å²) in [5.41, 5.74) is 0.796. The molecule has 0 N–H and O–H groups in total. The number of halogens is 1. The Bertz CT molecular complexity index is 508. The van der Waals surface area contributed by atoms with Gasteiger partial charge in [0.05, 0.1) is 18.3 Å². The summed E-state index contributed by atoms with van der Waals surface area (Å²) in [6, 6.07) is 7.74. The second-order valence-electron chi connectivity index (χ2n) is 6.08. The SMILES string of the molecule is CC1(C2CC3(CC3)OC(c3ccccc3Cl)O2)CO1. The number of rotatable bonds is 2. The van der Waals surface area contributed by atoms with Crippen molar-refractivity contribution in [2.45, 2.75) is 49.8 Å². The van der Waals surface area contributed by atoms with Gasteiger partial charge in [0.15, 0.2) is 6.29 Å². The first kappa shape index (κ1) is 12.2. The Balaban J connectivity index is 1.63. The van der Waals surface area contributed by atoms with Gasteiger partial charge >= 0.3 is 0 Å². The second-order valence-corrected chi connectivity index (χ2v) is 6.49. The monoisotopic (exact) mass is 280 g/mol. The maximum absolute atomic E-state index is 6.26. The van der Waals surface area contributed by atoms with E-state index in [0.29, 0.717) is 5.02 Å². The summed E-state index contributed by atoms with van der Waals surface area (Å²) in [5, 5.41) is 0.700. The maximum Gasteiger partial charge on any atom is 0.186 e. The summed E-state index contributed by atoms with van der Waals surface area (Å²) in [6.45, 7) is 2.89. The van der Waals surface area contributed by atoms with E-state index in [4.69, 9.17) is 25.8 Å². The van der Waals surface area contributed by atoms with Crippen LogP contribution in [-0.2, 0) is 14.2 Å². The highest BCUT2D eigenvalue weighted by atomic mass is 35.5. The van der Waals surface area contributed by atoms with Gasteiger partial charge in [-0.2, -0.15) is 0 Å². The zero-order valence-electron chi connectivity index (χ0n) is 10.9. The molecule has 4 heteroatoms. The first-order valence-electron chi connectivity index (χ1n) is 6.82. The van der Waals surface area contributed by atoms with Gasteiger partial charge in [-0.25, -0.2) is 0 Å². The molecule has 1 aromatic carbocycles. The van der Waals surface area contributed by atoms with Crippen molar-refractivity contribution in [1.82, 2.24) is 0 Å². The minimum atomic E-state index is -0.365. The van der Waals surface area contributed by atoms with Crippen LogP contribution < -0.4 is 0 Å². The van der Waals surface area contributed by atoms with E-state index in [-0.39, 0.29) is 23.6 Å². The highest BCUT2D eigenvalue weighted by Crippen LogP contribution is 2.54. The number of hydrogen-bond donors (Lipinski definition) is 0. The predicted octanol–water partition coefficient (Wildman–Crippen LogP) is 3.47. The van der Waals surface area contributed by atoms with Gasteiger partial charge in [0, 0.05) is 17.0 Å². The molecule has 2 aliphatic heterocycles. The molecular weight excluding hydrogens is 264 g/mol. The standard InChI is InChI=1S/C15H17ClO3/c1-14(9-17-14)12-8-15(6-7-15)19-13(18-12)10-4-2-3-5-11(10)16/h2-5,12-13H,6-9H2,1H3. The molecule has 1 aliphatic carbocycles. The van der Waals surface area contributed by atoms with Crippen molar-refractivity contribution < 1.29 is 14.2 Å². The lowest BCUT2D eigenvalue weighted by Gasteiger charge is -2.38. The van der Waals surface area contributed by atoms with Gasteiger partial charge < -0.3 is 14.2 Å². The lowest BCUT2D eigenvalue weighted by Crippen LogP contribution is -2.42. The fourth-order valence-corrected chi connectivity index (χ4v) is 2.99. The van der Waals surface area contributed by atoms with Crippen molar-refractivity contribution in [3.05, 3.63) is 34.9 Å². The zero-order valence-corrected chi connectivity index (χ0v) is 11.7. The first-order valence-corrected chi connectivity index (χ1v) is 7.20. The van der Waals surface area contributed by atoms with E-state index >= 15 is 0 Å². The third kappa shape index (κ3) is 2.09. The van der Waals surface area contributed by atoms with E-state index in [0.717, 1.165) is 31.4 Å². The van der Waals surface area contributed by atoms with E-state index < -0.39 is 0 Å². The third-order valence-electron chi connectivity index (χ3n) is 4.45. The van der Waals surface area contributed by atoms with E-state index in [2.05, 4.69) is 6.92 Å². The maximum atomic E-state index is 6.26. The van der Waals surface area contributed by atoms with Gasteiger partial charge in [0.2, 0.25) is 0 Å². The molecule has 102 valence electrons. The normalized spacial score (nSPS) is 39.3. The number of ether oxygens (including phenoxy) is 3. The summed E-state index contributed by atoms with van der Waals surface area (Å²) < 4.78 is 17.8. The molecule has 2 heterocycles. The van der Waals surface area contributed by atoms with Gasteiger partial charge in [-0.15, -0.1) is 0 Å². The van der Waals surface area contributed by atoms with E-state index in [9.17, 15) is 0 Å². The molecule has 0 radical (unpaired) electrons. The van der Waals surface area contributed by atoms with Crippen LogP contribution in [0.2, 0.25) is 5.02 Å². The Morgan fingerprint density at radius 2 is 2.00 bits per heavy atom. The van der Waals surface area contributed by atoms with Crippen LogP contribution in [0.25, 0.3) is 0 Å². The average Bonchev–Trinajstić information content (AvgIpc) is 3.31. The second kappa shape index (κ2) is 3.95. The molecule has 3 aliphatic rings. The largest absolute Gasteiger partial charge is 0.367 e. The van der Waals surface area contributed by atoms with Crippen LogP contribution in [-0.4, -0.2) is 23.9 Å². The first-order chi connectivity index (χ1) is 9.10. The van der Waals surface area contributed by atoms with Gasteiger partial charge in [-0.3, -0.25) is 0 Å². The summed E-state index contributed by atoms with van der Waals surface area (Å²) in [7, 11) is 0. The summed E-state index contributed by atoms with van der Waals surface area (Å²) in [6.07, 6.45) is 2.90. The Labute approximate surface area is 117 Å². The molecule has 3 nitrogen and oxygen atoms in total. The average molecular weight is 281 g/mol. The van der Waals surface area contributed by atoms with Crippen molar-refractivity contribution in [1.29, 1.82) is 0 Å². The van der Waals surface area contributed by atoms with E-state index in [1.54, 1.807) is 0 Å². The summed E-state index contributed by atoms with van der Waals surface area (Å²) in [5.74, 6) is 0. The molecule has 1 aromatic rings. The van der Waals surface area contributed by atoms with Crippen LogP contribution in [0.3, 0.4) is 0 Å². The minimum absolute atomic E-state index is 0.00170. The molecule has 4 rings (SSSR count). The van der Waals surface area contributed by atoms with Gasteiger partial charge in [0.1, 0.15) is 5.60 Å². The quantitative estimate of drug-likeness (QED) is 0.777. The highest BCUT2D eigenvalue weighted by Gasteiger charge is 2.59. The number of hydrogen-bond acceptors (Lipinski definition) is 3. The molecule has 3 unspecified atom stereocenters. The van der Waals surface area contributed by atoms with Crippen molar-refractivity contribution >= 4 is 11.6 Å². The van der Waals surface area contributed by atoms with Crippen LogP contribution in [0, 0.1) is 0 Å². The summed E-state index contributed by atoms with van der Waals surface area (Å²) in [4.78, 5) is 0. The zero-order chi connectivity index (χ0) is 13.1. The fraction of sp³-hybridized carbons (Fsp3) is 0.600. The Morgan fingerprint density at radius 3 is 2.63 bits per heavy atom. The molecular formula is C15H17ClO3. The summed E-state index contributed by atoms with van der Waals surface area (Å²) >= 11 is 6.26. The molecule has 1 spiro atoms. The van der Waals surface area contributed by atoms with Gasteiger partial charge in [0.25, 0.3) is 0 Å². The van der Waals surface area contributed by atoms with Crippen LogP contribution >= 0.6 is 11.6 Å². The van der Waals surface area contributed by atoms with Crippen LogP contribution in [0.4, 0.5) is 0 Å². The molecule has 0 amide bonds. The van der Waals surface area contributed by atoms with Crippen molar-refractivity contribution in [3.63, 3.8) is 0 Å². The molecule has 1 saturated carbocycles. The highest BCUT2D eigenvalue weighted by molar-refractivity contribution is 6.31. The Kier molecular flexibility index (Phi) is 2.53. The van der Waals surface area contributed by atoms with Crippen LogP contribution in [0.1, 0.15) is 38.0 Å². The van der Waals surface area contributed by atoms with Crippen molar-refractivity contribution in [2.24, 2.45) is 0 Å². The molecule has 19 heavy (non-hydrogen) atoms. The minimum Gasteiger partial charge on any atom is -0.367 e. The molecule has 3 atom stereocenters. The number of epoxide rings is 1. The van der Waals surface area contributed by atoms with E-state index in [1.807, 2.05) is 24.3 Å². The van der Waals surface area contributed by atoms with Gasteiger partial charge in [-0.05, 0) is 25.8 Å². The van der Waals surface area contributed by atoms with Gasteiger partial charge in [-0.1, -0.05) is 29.8 Å². The van der Waals surface area contributed by atoms with Crippen LogP contribution in [0.15, 0.2) is 24.3 Å². The number of benzene rings is 1. The third-order valence-corrected chi connectivity index (χ3v) is 4.79. The fourth-order valence-electron chi connectivity index (χ4n) is 2.76. The Morgan fingerprint density at radius 1 is 1.26 bits per heavy atom. The lowest BCUT2D eigenvalue weighted by molar-refractivity contribution is -0.268. The smallest absolute Gasteiger partial charge is 0.186 e. The van der Waals surface area contributed by atoms with Crippen LogP contribution in [0.5, 0.6) is 0 Å². The Hall–Kier alpha value is -0.610. The predicted molar refractivity (Wildman–Crippen MR) is 71.1 cm³/mol. The van der Waals surface area contributed by atoms with Crippen molar-refractivity contribution in [2.75, 3.05) is 6.61 Å². The topological polar surface area (TPSA) is 31.0 Å². The lowest BCUT2D eigenvalue weighted by atomic mass is 9.97. The van der Waals surface area contributed by atoms with E-state index in [1.165, 1.54) is 0 Å². The molecule has 0 aromatic heterocycles. The molecule has 2 saturated heterocycles.